The Labute approximate surface area is 125 Å². The molecule has 0 radical (unpaired) electrons. The van der Waals surface area contributed by atoms with Crippen LogP contribution in [0.1, 0.15) is 0 Å². The van der Waals surface area contributed by atoms with Crippen molar-refractivity contribution in [2.24, 2.45) is 0 Å². The van der Waals surface area contributed by atoms with E-state index in [0.29, 0.717) is 6.07 Å². The van der Waals surface area contributed by atoms with Crippen molar-refractivity contribution < 1.29 is 21.4 Å². The van der Waals surface area contributed by atoms with Crippen LogP contribution >= 0.6 is 0 Å². The minimum Gasteiger partial charge on any atom is -0.379 e. The molecule has 0 aromatic heterocycles. The number of hydrogen-bond acceptors (Lipinski definition) is 3. The van der Waals surface area contributed by atoms with Crippen LogP contribution in [-0.4, -0.2) is 8.42 Å². The van der Waals surface area contributed by atoms with Crippen molar-refractivity contribution in [1.29, 1.82) is 0 Å². The SMILES string of the molecule is O=S(=O)(Oc1ccc(F)c(F)c1)c1ccc2ccccc2c1. The Kier molecular flexibility index (Phi) is 3.54. The Bertz CT molecular complexity index is 953. The molecule has 3 rings (SSSR count). The molecular weight excluding hydrogens is 310 g/mol. The van der Waals surface area contributed by atoms with Crippen LogP contribution in [0, 0.1) is 11.6 Å². The van der Waals surface area contributed by atoms with E-state index in [4.69, 9.17) is 4.18 Å². The Balaban J connectivity index is 1.98. The highest BCUT2D eigenvalue weighted by Gasteiger charge is 2.18. The standard InChI is InChI=1S/C16H10F2O3S/c17-15-8-6-13(10-16(15)18)21-22(19,20)14-7-5-11-3-1-2-4-12(11)9-14/h1-10H. The molecule has 0 amide bonds. The normalized spacial score (nSPS) is 11.5. The topological polar surface area (TPSA) is 43.4 Å². The van der Waals surface area contributed by atoms with Crippen molar-refractivity contribution in [2.75, 3.05) is 0 Å². The zero-order chi connectivity index (χ0) is 15.7. The summed E-state index contributed by atoms with van der Waals surface area (Å²) in [4.78, 5) is -0.0593. The summed E-state index contributed by atoms with van der Waals surface area (Å²) in [6.07, 6.45) is 0. The van der Waals surface area contributed by atoms with Gasteiger partial charge in [-0.2, -0.15) is 8.42 Å². The molecule has 3 aromatic rings. The van der Waals surface area contributed by atoms with Gasteiger partial charge in [0.05, 0.1) is 0 Å². The first-order valence-electron chi connectivity index (χ1n) is 6.34. The van der Waals surface area contributed by atoms with E-state index >= 15 is 0 Å². The molecule has 112 valence electrons. The maximum atomic E-state index is 13.1. The van der Waals surface area contributed by atoms with Gasteiger partial charge in [0.15, 0.2) is 11.6 Å². The summed E-state index contributed by atoms with van der Waals surface area (Å²) in [7, 11) is -4.12. The van der Waals surface area contributed by atoms with Crippen LogP contribution in [0.15, 0.2) is 65.6 Å². The lowest BCUT2D eigenvalue weighted by molar-refractivity contribution is 0.472. The van der Waals surface area contributed by atoms with E-state index in [-0.39, 0.29) is 10.6 Å². The van der Waals surface area contributed by atoms with Crippen molar-refractivity contribution >= 4 is 20.9 Å². The predicted molar refractivity (Wildman–Crippen MR) is 78.1 cm³/mol. The lowest BCUT2D eigenvalue weighted by Gasteiger charge is -2.08. The summed E-state index contributed by atoms with van der Waals surface area (Å²) in [5.41, 5.74) is 0. The third-order valence-electron chi connectivity index (χ3n) is 3.11. The van der Waals surface area contributed by atoms with Gasteiger partial charge in [-0.3, -0.25) is 0 Å². The van der Waals surface area contributed by atoms with E-state index in [1.54, 1.807) is 18.2 Å². The monoisotopic (exact) mass is 320 g/mol. The Morgan fingerprint density at radius 3 is 2.23 bits per heavy atom. The molecule has 3 aromatic carbocycles. The molecule has 0 aliphatic heterocycles. The summed E-state index contributed by atoms with van der Waals surface area (Å²) in [6, 6.07) is 14.3. The zero-order valence-electron chi connectivity index (χ0n) is 11.2. The van der Waals surface area contributed by atoms with E-state index in [2.05, 4.69) is 0 Å². The maximum absolute atomic E-state index is 13.1. The van der Waals surface area contributed by atoms with Crippen LogP contribution < -0.4 is 4.18 Å². The van der Waals surface area contributed by atoms with Crippen LogP contribution in [0.5, 0.6) is 5.75 Å². The maximum Gasteiger partial charge on any atom is 0.339 e. The van der Waals surface area contributed by atoms with Crippen molar-refractivity contribution in [3.05, 3.63) is 72.3 Å². The molecule has 6 heteroatoms. The molecule has 0 unspecified atom stereocenters. The first kappa shape index (κ1) is 14.5. The van der Waals surface area contributed by atoms with Crippen LogP contribution in [0.3, 0.4) is 0 Å². The van der Waals surface area contributed by atoms with Gasteiger partial charge < -0.3 is 4.18 Å². The first-order valence-corrected chi connectivity index (χ1v) is 7.75. The predicted octanol–water partition coefficient (Wildman–Crippen LogP) is 3.89. The summed E-state index contributed by atoms with van der Waals surface area (Å²) in [6.45, 7) is 0. The molecule has 0 N–H and O–H groups in total. The van der Waals surface area contributed by atoms with E-state index in [0.717, 1.165) is 22.9 Å². The number of halogens is 2. The lowest BCUT2D eigenvalue weighted by atomic mass is 10.1. The third-order valence-corrected chi connectivity index (χ3v) is 4.35. The second-order valence-electron chi connectivity index (χ2n) is 4.62. The molecule has 0 bridgehead atoms. The van der Waals surface area contributed by atoms with Gasteiger partial charge in [0.2, 0.25) is 0 Å². The summed E-state index contributed by atoms with van der Waals surface area (Å²) in [5, 5.41) is 1.62. The quantitative estimate of drug-likeness (QED) is 0.688. The second kappa shape index (κ2) is 5.38. The molecule has 0 saturated carbocycles. The molecule has 0 spiro atoms. The van der Waals surface area contributed by atoms with Crippen LogP contribution in [0.25, 0.3) is 10.8 Å². The zero-order valence-corrected chi connectivity index (χ0v) is 12.0. The lowest BCUT2D eigenvalue weighted by Crippen LogP contribution is -2.10. The highest BCUT2D eigenvalue weighted by molar-refractivity contribution is 7.87. The summed E-state index contributed by atoms with van der Waals surface area (Å²) < 4.78 is 55.2. The van der Waals surface area contributed by atoms with E-state index in [1.807, 2.05) is 12.1 Å². The molecule has 0 atom stereocenters. The molecular formula is C16H10F2O3S. The van der Waals surface area contributed by atoms with Gasteiger partial charge in [-0.15, -0.1) is 0 Å². The Morgan fingerprint density at radius 1 is 0.773 bits per heavy atom. The minimum absolute atomic E-state index is 0.0593. The van der Waals surface area contributed by atoms with Gasteiger partial charge >= 0.3 is 10.1 Å². The van der Waals surface area contributed by atoms with Crippen LogP contribution in [0.2, 0.25) is 0 Å². The molecule has 0 aliphatic carbocycles. The summed E-state index contributed by atoms with van der Waals surface area (Å²) >= 11 is 0. The largest absolute Gasteiger partial charge is 0.379 e. The van der Waals surface area contributed by atoms with Crippen LogP contribution in [0.4, 0.5) is 8.78 Å². The fourth-order valence-electron chi connectivity index (χ4n) is 2.03. The van der Waals surface area contributed by atoms with Gasteiger partial charge in [-0.25, -0.2) is 8.78 Å². The fraction of sp³-hybridized carbons (Fsp3) is 0. The number of benzene rings is 3. The molecule has 0 fully saturated rings. The van der Waals surface area contributed by atoms with Gasteiger partial charge in [-0.1, -0.05) is 30.3 Å². The van der Waals surface area contributed by atoms with Gasteiger partial charge in [0.25, 0.3) is 0 Å². The minimum atomic E-state index is -4.12. The molecule has 22 heavy (non-hydrogen) atoms. The van der Waals surface area contributed by atoms with E-state index in [9.17, 15) is 17.2 Å². The number of rotatable bonds is 3. The smallest absolute Gasteiger partial charge is 0.339 e. The third kappa shape index (κ3) is 2.78. The van der Waals surface area contributed by atoms with Crippen molar-refractivity contribution in [2.45, 2.75) is 4.90 Å². The summed E-state index contributed by atoms with van der Waals surface area (Å²) in [5.74, 6) is -2.53. The van der Waals surface area contributed by atoms with Gasteiger partial charge in [-0.05, 0) is 35.0 Å². The van der Waals surface area contributed by atoms with Crippen LogP contribution in [-0.2, 0) is 10.1 Å². The Hall–Kier alpha value is -2.47. The highest BCUT2D eigenvalue weighted by atomic mass is 32.2. The van der Waals surface area contributed by atoms with E-state index < -0.39 is 21.8 Å². The average Bonchev–Trinajstić information content (AvgIpc) is 2.50. The molecule has 3 nitrogen and oxygen atoms in total. The number of hydrogen-bond donors (Lipinski definition) is 0. The van der Waals surface area contributed by atoms with E-state index in [1.165, 1.54) is 12.1 Å². The van der Waals surface area contributed by atoms with Gasteiger partial charge in [0.1, 0.15) is 10.6 Å². The molecule has 0 saturated heterocycles. The van der Waals surface area contributed by atoms with Crippen molar-refractivity contribution in [3.8, 4) is 5.75 Å². The second-order valence-corrected chi connectivity index (χ2v) is 6.17. The molecule has 0 heterocycles. The van der Waals surface area contributed by atoms with Gasteiger partial charge in [0, 0.05) is 6.07 Å². The highest BCUT2D eigenvalue weighted by Crippen LogP contribution is 2.23. The first-order chi connectivity index (χ1) is 10.5. The average molecular weight is 320 g/mol. The Morgan fingerprint density at radius 2 is 1.50 bits per heavy atom. The van der Waals surface area contributed by atoms with Crippen molar-refractivity contribution in [1.82, 2.24) is 0 Å². The fourth-order valence-corrected chi connectivity index (χ4v) is 2.99. The van der Waals surface area contributed by atoms with Crippen molar-refractivity contribution in [3.63, 3.8) is 0 Å². The molecule has 0 aliphatic rings. The number of fused-ring (bicyclic) bond motifs is 1.